The van der Waals surface area contributed by atoms with Crippen molar-refractivity contribution in [3.63, 3.8) is 0 Å². The molecule has 1 aliphatic heterocycles. The van der Waals surface area contributed by atoms with E-state index in [2.05, 4.69) is 23.1 Å². The zero-order chi connectivity index (χ0) is 18.2. The molecule has 25 heavy (non-hydrogen) atoms. The highest BCUT2D eigenvalue weighted by Crippen LogP contribution is 2.53. The Labute approximate surface area is 145 Å². The molecule has 0 spiro atoms. The second-order valence-electron chi connectivity index (χ2n) is 6.45. The van der Waals surface area contributed by atoms with Gasteiger partial charge in [0.25, 0.3) is 0 Å². The molecule has 1 aromatic carbocycles. The maximum Gasteiger partial charge on any atom is 0.191 e. The molecule has 124 valence electrons. The van der Waals surface area contributed by atoms with Gasteiger partial charge in [-0.05, 0) is 30.3 Å². The third-order valence-corrected chi connectivity index (χ3v) is 5.08. The van der Waals surface area contributed by atoms with Crippen molar-refractivity contribution in [1.82, 2.24) is 4.90 Å². The molecule has 1 aromatic rings. The van der Waals surface area contributed by atoms with Gasteiger partial charge < -0.3 is 10.6 Å². The lowest BCUT2D eigenvalue weighted by Crippen LogP contribution is -2.47. The molecular formula is C19H16FN5. The Morgan fingerprint density at radius 2 is 1.84 bits per heavy atom. The Hall–Kier alpha value is -3.14. The fourth-order valence-corrected chi connectivity index (χ4v) is 3.87. The molecule has 0 saturated heterocycles. The van der Waals surface area contributed by atoms with Gasteiger partial charge in [0.1, 0.15) is 11.9 Å². The van der Waals surface area contributed by atoms with E-state index in [1.807, 2.05) is 13.1 Å². The van der Waals surface area contributed by atoms with Crippen LogP contribution in [0.15, 0.2) is 47.2 Å². The number of halogens is 1. The zero-order valence-corrected chi connectivity index (χ0v) is 13.7. The van der Waals surface area contributed by atoms with Crippen molar-refractivity contribution in [2.45, 2.75) is 5.92 Å². The zero-order valence-electron chi connectivity index (χ0n) is 13.7. The summed E-state index contributed by atoms with van der Waals surface area (Å²) in [6, 6.07) is 12.0. The Balaban J connectivity index is 2.32. The first-order valence-electron chi connectivity index (χ1n) is 7.85. The summed E-state index contributed by atoms with van der Waals surface area (Å²) in [7, 11) is 1.93. The second-order valence-corrected chi connectivity index (χ2v) is 6.45. The summed E-state index contributed by atoms with van der Waals surface area (Å²) < 4.78 is 13.4. The predicted molar refractivity (Wildman–Crippen MR) is 88.7 cm³/mol. The van der Waals surface area contributed by atoms with Gasteiger partial charge in [-0.2, -0.15) is 15.8 Å². The largest absolute Gasteiger partial charge is 0.399 e. The minimum absolute atomic E-state index is 0.0126. The SMILES string of the molecule is CN1CC=C2C(C#N)=C(N)C(C#N)(C#N)[C@H](c3ccc(F)cc3)[C@@H]2C1. The van der Waals surface area contributed by atoms with Crippen molar-refractivity contribution in [3.05, 3.63) is 58.6 Å². The van der Waals surface area contributed by atoms with Crippen LogP contribution in [-0.2, 0) is 0 Å². The van der Waals surface area contributed by atoms with E-state index in [9.17, 15) is 20.2 Å². The molecule has 5 nitrogen and oxygen atoms in total. The molecule has 3 rings (SSSR count). The molecule has 2 aliphatic rings. The van der Waals surface area contributed by atoms with Crippen molar-refractivity contribution >= 4 is 0 Å². The monoisotopic (exact) mass is 333 g/mol. The molecule has 1 heterocycles. The number of likely N-dealkylation sites (N-methyl/N-ethyl adjacent to an activating group) is 1. The van der Waals surface area contributed by atoms with Gasteiger partial charge in [-0.3, -0.25) is 0 Å². The molecule has 6 heteroatoms. The van der Waals surface area contributed by atoms with Gasteiger partial charge in [-0.1, -0.05) is 18.2 Å². The number of fused-ring (bicyclic) bond motifs is 1. The summed E-state index contributed by atoms with van der Waals surface area (Å²) in [4.78, 5) is 2.06. The Kier molecular flexibility index (Phi) is 4.05. The topological polar surface area (TPSA) is 101 Å². The Morgan fingerprint density at radius 1 is 1.20 bits per heavy atom. The first-order chi connectivity index (χ1) is 12.0. The van der Waals surface area contributed by atoms with Crippen molar-refractivity contribution < 1.29 is 4.39 Å². The minimum atomic E-state index is -1.66. The first kappa shape index (κ1) is 16.7. The lowest BCUT2D eigenvalue weighted by molar-refractivity contribution is 0.237. The highest BCUT2D eigenvalue weighted by Gasteiger charge is 2.54. The first-order valence-corrected chi connectivity index (χ1v) is 7.85. The Bertz CT molecular complexity index is 878. The molecule has 1 aliphatic carbocycles. The van der Waals surface area contributed by atoms with Crippen LogP contribution < -0.4 is 5.73 Å². The quantitative estimate of drug-likeness (QED) is 0.849. The van der Waals surface area contributed by atoms with Gasteiger partial charge in [0.15, 0.2) is 5.41 Å². The number of hydrogen-bond donors (Lipinski definition) is 1. The summed E-state index contributed by atoms with van der Waals surface area (Å²) >= 11 is 0. The van der Waals surface area contributed by atoms with E-state index in [-0.39, 0.29) is 17.2 Å². The summed E-state index contributed by atoms with van der Waals surface area (Å²) in [6.45, 7) is 1.24. The third kappa shape index (κ3) is 2.38. The number of nitrogens with zero attached hydrogens (tertiary/aromatic N) is 4. The number of allylic oxidation sites excluding steroid dienone is 2. The van der Waals surface area contributed by atoms with E-state index in [1.54, 1.807) is 12.1 Å². The number of nitrogens with two attached hydrogens (primary N) is 1. The van der Waals surface area contributed by atoms with Crippen molar-refractivity contribution in [3.8, 4) is 18.2 Å². The van der Waals surface area contributed by atoms with Gasteiger partial charge in [0, 0.05) is 24.9 Å². The lowest BCUT2D eigenvalue weighted by atomic mass is 9.58. The lowest BCUT2D eigenvalue weighted by Gasteiger charge is -2.45. The highest BCUT2D eigenvalue weighted by molar-refractivity contribution is 5.59. The summed E-state index contributed by atoms with van der Waals surface area (Å²) in [5, 5.41) is 29.3. The predicted octanol–water partition coefficient (Wildman–Crippen LogP) is 2.18. The van der Waals surface area contributed by atoms with E-state index >= 15 is 0 Å². The van der Waals surface area contributed by atoms with Crippen molar-refractivity contribution in [2.24, 2.45) is 17.1 Å². The van der Waals surface area contributed by atoms with Crippen LogP contribution in [0.3, 0.4) is 0 Å². The molecule has 0 aromatic heterocycles. The normalized spacial score (nSPS) is 25.2. The van der Waals surface area contributed by atoms with Crippen LogP contribution in [0.1, 0.15) is 11.5 Å². The molecule has 0 bridgehead atoms. The fraction of sp³-hybridized carbons (Fsp3) is 0.316. The van der Waals surface area contributed by atoms with Crippen LogP contribution in [0.2, 0.25) is 0 Å². The average Bonchev–Trinajstić information content (AvgIpc) is 2.62. The van der Waals surface area contributed by atoms with Gasteiger partial charge >= 0.3 is 0 Å². The fourth-order valence-electron chi connectivity index (χ4n) is 3.87. The molecule has 0 radical (unpaired) electrons. The van der Waals surface area contributed by atoms with Gasteiger partial charge in [0.05, 0.1) is 23.4 Å². The van der Waals surface area contributed by atoms with Crippen molar-refractivity contribution in [2.75, 3.05) is 20.1 Å². The number of nitriles is 3. The van der Waals surface area contributed by atoms with Gasteiger partial charge in [-0.25, -0.2) is 4.39 Å². The van der Waals surface area contributed by atoms with E-state index in [1.165, 1.54) is 12.1 Å². The van der Waals surface area contributed by atoms with Crippen LogP contribution in [0, 0.1) is 51.1 Å². The summed E-state index contributed by atoms with van der Waals surface area (Å²) in [5.74, 6) is -1.21. The smallest absolute Gasteiger partial charge is 0.191 e. The van der Waals surface area contributed by atoms with Crippen molar-refractivity contribution in [1.29, 1.82) is 15.8 Å². The summed E-state index contributed by atoms with van der Waals surface area (Å²) in [6.07, 6.45) is 1.93. The molecule has 2 N–H and O–H groups in total. The number of rotatable bonds is 1. The van der Waals surface area contributed by atoms with Crippen LogP contribution in [-0.4, -0.2) is 25.0 Å². The number of hydrogen-bond acceptors (Lipinski definition) is 5. The summed E-state index contributed by atoms with van der Waals surface area (Å²) in [5.41, 5.74) is 6.15. The van der Waals surface area contributed by atoms with E-state index in [4.69, 9.17) is 5.73 Å². The van der Waals surface area contributed by atoms with Crippen LogP contribution in [0.5, 0.6) is 0 Å². The maximum absolute atomic E-state index is 13.4. The standard InChI is InChI=1S/C19H16FN5/c1-25-7-6-14-15(8-21)18(24)19(10-22,11-23)17(16(14)9-25)12-2-4-13(20)5-3-12/h2-6,16-17H,7,9,24H2,1H3/t16-,17-/m1/s1. The average molecular weight is 333 g/mol. The van der Waals surface area contributed by atoms with Crippen LogP contribution >= 0.6 is 0 Å². The van der Waals surface area contributed by atoms with Gasteiger partial charge in [0.2, 0.25) is 0 Å². The molecule has 2 atom stereocenters. The maximum atomic E-state index is 13.4. The molecule has 0 fully saturated rings. The van der Waals surface area contributed by atoms with Crippen LogP contribution in [0.4, 0.5) is 4.39 Å². The Morgan fingerprint density at radius 3 is 2.40 bits per heavy atom. The minimum Gasteiger partial charge on any atom is -0.399 e. The number of benzene rings is 1. The van der Waals surface area contributed by atoms with E-state index < -0.39 is 17.2 Å². The van der Waals surface area contributed by atoms with E-state index in [0.29, 0.717) is 18.7 Å². The third-order valence-electron chi connectivity index (χ3n) is 5.08. The van der Waals surface area contributed by atoms with Crippen LogP contribution in [0.25, 0.3) is 0 Å². The van der Waals surface area contributed by atoms with E-state index in [0.717, 1.165) is 5.57 Å². The molecule has 0 amide bonds. The van der Waals surface area contributed by atoms with Gasteiger partial charge in [-0.15, -0.1) is 0 Å². The molecular weight excluding hydrogens is 317 g/mol. The second kappa shape index (κ2) is 6.06. The highest BCUT2D eigenvalue weighted by atomic mass is 19.1. The molecule has 0 unspecified atom stereocenters. The molecule has 0 saturated carbocycles.